The van der Waals surface area contributed by atoms with E-state index in [1.807, 2.05) is 25.1 Å². The van der Waals surface area contributed by atoms with Gasteiger partial charge >= 0.3 is 0 Å². The molecule has 1 aromatic rings. The van der Waals surface area contributed by atoms with Crippen molar-refractivity contribution in [1.82, 2.24) is 10.6 Å². The van der Waals surface area contributed by atoms with Gasteiger partial charge in [0, 0.05) is 29.1 Å². The Hall–Kier alpha value is -0.370. The fourth-order valence-corrected chi connectivity index (χ4v) is 2.67. The van der Waals surface area contributed by atoms with E-state index in [0.29, 0.717) is 18.7 Å². The Balaban J connectivity index is 0.00000180. The second-order valence-electron chi connectivity index (χ2n) is 4.63. The molecule has 1 aromatic carbocycles. The summed E-state index contributed by atoms with van der Waals surface area (Å²) in [4.78, 5) is 12.1. The number of β-amino-alcohol motifs (C(OH)–C–C–N with tert-alkyl or cyclic N) is 1. The van der Waals surface area contributed by atoms with Crippen LogP contribution in [0.5, 0.6) is 0 Å². The summed E-state index contributed by atoms with van der Waals surface area (Å²) in [6, 6.07) is 5.70. The van der Waals surface area contributed by atoms with Gasteiger partial charge in [0.1, 0.15) is 0 Å². The highest BCUT2D eigenvalue weighted by Gasteiger charge is 2.25. The number of aryl methyl sites for hydroxylation is 1. The van der Waals surface area contributed by atoms with Crippen molar-refractivity contribution in [3.05, 3.63) is 32.9 Å². The van der Waals surface area contributed by atoms with Crippen LogP contribution in [-0.2, 0) is 0 Å². The first-order chi connectivity index (χ1) is 8.59. The summed E-state index contributed by atoms with van der Waals surface area (Å²) < 4.78 is 0.984. The summed E-state index contributed by atoms with van der Waals surface area (Å²) in [6.07, 6.45) is -0.359. The number of nitrogens with one attached hydrogen (secondary N) is 2. The van der Waals surface area contributed by atoms with Gasteiger partial charge in [-0.1, -0.05) is 12.1 Å². The Kier molecular flexibility index (Phi) is 6.52. The van der Waals surface area contributed by atoms with Gasteiger partial charge in [-0.25, -0.2) is 0 Å². The Labute approximate surface area is 132 Å². The normalized spacial score (nSPS) is 21.8. The van der Waals surface area contributed by atoms with Crippen molar-refractivity contribution < 1.29 is 9.90 Å². The molecule has 0 radical (unpaired) electrons. The Morgan fingerprint density at radius 1 is 1.53 bits per heavy atom. The number of carbonyl (C=O) groups excluding carboxylic acids is 1. The van der Waals surface area contributed by atoms with Gasteiger partial charge in [-0.05, 0) is 41.1 Å². The molecule has 0 aliphatic carbocycles. The molecule has 1 saturated heterocycles. The maximum absolute atomic E-state index is 12.1. The van der Waals surface area contributed by atoms with E-state index in [1.54, 1.807) is 0 Å². The maximum atomic E-state index is 12.1. The van der Waals surface area contributed by atoms with Crippen molar-refractivity contribution in [2.45, 2.75) is 13.0 Å². The van der Waals surface area contributed by atoms with Gasteiger partial charge in [0.2, 0.25) is 0 Å². The molecule has 2 unspecified atom stereocenters. The number of rotatable bonds is 3. The topological polar surface area (TPSA) is 61.4 Å². The van der Waals surface area contributed by atoms with Gasteiger partial charge in [0.15, 0.2) is 0 Å². The van der Waals surface area contributed by atoms with Gasteiger partial charge in [-0.3, -0.25) is 4.79 Å². The van der Waals surface area contributed by atoms with E-state index in [1.165, 1.54) is 0 Å². The second kappa shape index (κ2) is 7.42. The van der Waals surface area contributed by atoms with E-state index in [4.69, 9.17) is 0 Å². The lowest BCUT2D eigenvalue weighted by Gasteiger charge is -2.15. The number of aliphatic hydroxyl groups excluding tert-OH is 1. The van der Waals surface area contributed by atoms with E-state index < -0.39 is 0 Å². The van der Waals surface area contributed by atoms with E-state index in [-0.39, 0.29) is 30.3 Å². The Morgan fingerprint density at radius 2 is 2.26 bits per heavy atom. The lowest BCUT2D eigenvalue weighted by atomic mass is 10.1. The van der Waals surface area contributed by atoms with Crippen molar-refractivity contribution in [2.24, 2.45) is 5.92 Å². The summed E-state index contributed by atoms with van der Waals surface area (Å²) in [5.41, 5.74) is 1.81. The van der Waals surface area contributed by atoms with Crippen LogP contribution in [0.3, 0.4) is 0 Å². The molecule has 3 N–H and O–H groups in total. The van der Waals surface area contributed by atoms with Crippen LogP contribution in [-0.4, -0.2) is 36.8 Å². The summed E-state index contributed by atoms with van der Waals surface area (Å²) in [6.45, 7) is 3.87. The number of benzene rings is 1. The number of carbonyl (C=O) groups is 1. The number of hydrogen-bond acceptors (Lipinski definition) is 3. The van der Waals surface area contributed by atoms with Crippen molar-refractivity contribution in [1.29, 1.82) is 0 Å². The smallest absolute Gasteiger partial charge is 0.252 e. The van der Waals surface area contributed by atoms with Gasteiger partial charge in [0.25, 0.3) is 5.91 Å². The van der Waals surface area contributed by atoms with Crippen molar-refractivity contribution in [3.8, 4) is 0 Å². The van der Waals surface area contributed by atoms with Crippen molar-refractivity contribution in [2.75, 3.05) is 19.6 Å². The van der Waals surface area contributed by atoms with Crippen LogP contribution in [0.4, 0.5) is 0 Å². The highest BCUT2D eigenvalue weighted by molar-refractivity contribution is 14.1. The minimum absolute atomic E-state index is 0. The lowest BCUT2D eigenvalue weighted by molar-refractivity contribution is 0.0926. The summed E-state index contributed by atoms with van der Waals surface area (Å²) in [7, 11) is 0. The van der Waals surface area contributed by atoms with E-state index in [0.717, 1.165) is 15.7 Å². The highest BCUT2D eigenvalue weighted by atomic mass is 127. The maximum Gasteiger partial charge on any atom is 0.252 e. The fourth-order valence-electron chi connectivity index (χ4n) is 2.07. The van der Waals surface area contributed by atoms with Crippen LogP contribution in [0.15, 0.2) is 18.2 Å². The van der Waals surface area contributed by atoms with Crippen LogP contribution < -0.4 is 10.6 Å². The molecule has 4 nitrogen and oxygen atoms in total. The third-order valence-corrected chi connectivity index (χ3v) is 4.70. The SMILES string of the molecule is Cc1cccc(C(=O)NCC2CNCC2O)c1I.Cl. The largest absolute Gasteiger partial charge is 0.391 e. The van der Waals surface area contributed by atoms with E-state index in [2.05, 4.69) is 33.2 Å². The van der Waals surface area contributed by atoms with Gasteiger partial charge in [-0.2, -0.15) is 0 Å². The average molecular weight is 397 g/mol. The lowest BCUT2D eigenvalue weighted by Crippen LogP contribution is -2.34. The van der Waals surface area contributed by atoms with Crippen LogP contribution in [0, 0.1) is 16.4 Å². The first kappa shape index (κ1) is 16.7. The molecule has 2 rings (SSSR count). The monoisotopic (exact) mass is 396 g/mol. The predicted molar refractivity (Wildman–Crippen MR) is 85.8 cm³/mol. The highest BCUT2D eigenvalue weighted by Crippen LogP contribution is 2.16. The first-order valence-corrected chi connectivity index (χ1v) is 7.09. The summed E-state index contributed by atoms with van der Waals surface area (Å²) >= 11 is 2.19. The molecule has 1 aliphatic heterocycles. The van der Waals surface area contributed by atoms with Crippen molar-refractivity contribution in [3.63, 3.8) is 0 Å². The third kappa shape index (κ3) is 4.05. The molecular formula is C13H18ClIN2O2. The number of amides is 1. The third-order valence-electron chi connectivity index (χ3n) is 3.27. The zero-order valence-corrected chi connectivity index (χ0v) is 13.6. The molecule has 0 spiro atoms. The standard InChI is InChI=1S/C13H17IN2O2.ClH/c1-8-3-2-4-10(12(8)14)13(18)16-6-9-5-15-7-11(9)17;/h2-4,9,11,15,17H,5-7H2,1H3,(H,16,18);1H. The Bertz CT molecular complexity index is 456. The molecule has 0 aromatic heterocycles. The predicted octanol–water partition coefficient (Wildman–Crippen LogP) is 1.33. The molecule has 1 heterocycles. The zero-order valence-electron chi connectivity index (χ0n) is 10.6. The molecule has 1 amide bonds. The molecule has 0 bridgehead atoms. The molecule has 106 valence electrons. The molecule has 1 fully saturated rings. The molecule has 2 atom stereocenters. The van der Waals surface area contributed by atoms with E-state index >= 15 is 0 Å². The molecular weight excluding hydrogens is 379 g/mol. The summed E-state index contributed by atoms with van der Waals surface area (Å²) in [5, 5.41) is 15.7. The minimum Gasteiger partial charge on any atom is -0.391 e. The molecule has 19 heavy (non-hydrogen) atoms. The number of halogens is 2. The minimum atomic E-state index is -0.359. The fraction of sp³-hybridized carbons (Fsp3) is 0.462. The first-order valence-electron chi connectivity index (χ1n) is 6.01. The summed E-state index contributed by atoms with van der Waals surface area (Å²) in [5.74, 6) is 0.0404. The van der Waals surface area contributed by atoms with Gasteiger partial charge in [0.05, 0.1) is 11.7 Å². The Morgan fingerprint density at radius 3 is 2.89 bits per heavy atom. The average Bonchev–Trinajstić information content (AvgIpc) is 2.75. The zero-order chi connectivity index (χ0) is 13.1. The number of hydrogen-bond donors (Lipinski definition) is 3. The molecule has 6 heteroatoms. The van der Waals surface area contributed by atoms with Crippen LogP contribution in [0.25, 0.3) is 0 Å². The quantitative estimate of drug-likeness (QED) is 0.676. The number of aliphatic hydroxyl groups is 1. The van der Waals surface area contributed by atoms with Crippen LogP contribution >= 0.6 is 35.0 Å². The van der Waals surface area contributed by atoms with Crippen molar-refractivity contribution >= 4 is 40.9 Å². The molecule has 1 aliphatic rings. The molecule has 0 saturated carbocycles. The van der Waals surface area contributed by atoms with Gasteiger partial charge < -0.3 is 15.7 Å². The van der Waals surface area contributed by atoms with Crippen LogP contribution in [0.2, 0.25) is 0 Å². The van der Waals surface area contributed by atoms with Gasteiger partial charge in [-0.15, -0.1) is 12.4 Å². The van der Waals surface area contributed by atoms with E-state index in [9.17, 15) is 9.90 Å². The van der Waals surface area contributed by atoms with Crippen LogP contribution in [0.1, 0.15) is 15.9 Å². The second-order valence-corrected chi connectivity index (χ2v) is 5.71.